The van der Waals surface area contributed by atoms with Gasteiger partial charge in [0, 0.05) is 12.3 Å². The van der Waals surface area contributed by atoms with E-state index < -0.39 is 0 Å². The average Bonchev–Trinajstić information content (AvgIpc) is 2.32. The van der Waals surface area contributed by atoms with E-state index >= 15 is 0 Å². The van der Waals surface area contributed by atoms with Gasteiger partial charge >= 0.3 is 0 Å². The van der Waals surface area contributed by atoms with Gasteiger partial charge in [-0.3, -0.25) is 0 Å². The minimum Gasteiger partial charge on any atom is -0.497 e. The minimum atomic E-state index is 0.145. The summed E-state index contributed by atoms with van der Waals surface area (Å²) in [6, 6.07) is 7.00. The Balaban J connectivity index is 2.24. The summed E-state index contributed by atoms with van der Waals surface area (Å²) in [4.78, 5) is 7.71. The first kappa shape index (κ1) is 12.1. The maximum absolute atomic E-state index is 5.66. The lowest BCUT2D eigenvalue weighted by Crippen LogP contribution is -1.91. The summed E-state index contributed by atoms with van der Waals surface area (Å²) in [5.74, 6) is 1.75. The normalized spacial score (nSPS) is 10.1. The number of hydrogen-bond donors (Lipinski definition) is 0. The summed E-state index contributed by atoms with van der Waals surface area (Å²) in [5, 5.41) is 0.145. The molecule has 2 rings (SSSR count). The quantitative estimate of drug-likeness (QED) is 0.810. The number of halogens is 2. The highest BCUT2D eigenvalue weighted by Gasteiger charge is 2.05. The van der Waals surface area contributed by atoms with Crippen LogP contribution in [-0.2, 0) is 0 Å². The number of hydrogen-bond acceptors (Lipinski definition) is 4. The van der Waals surface area contributed by atoms with E-state index in [9.17, 15) is 0 Å². The van der Waals surface area contributed by atoms with Crippen molar-refractivity contribution in [2.75, 3.05) is 7.11 Å². The van der Waals surface area contributed by atoms with Crippen molar-refractivity contribution in [1.29, 1.82) is 0 Å². The summed E-state index contributed by atoms with van der Waals surface area (Å²) >= 11 is 9.05. The zero-order chi connectivity index (χ0) is 12.3. The Bertz CT molecular complexity index is 537. The smallest absolute Gasteiger partial charge is 0.225 e. The summed E-state index contributed by atoms with van der Waals surface area (Å²) in [7, 11) is 1.60. The molecule has 1 aromatic carbocycles. The molecule has 17 heavy (non-hydrogen) atoms. The lowest BCUT2D eigenvalue weighted by molar-refractivity contribution is 0.411. The third-order valence-electron chi connectivity index (χ3n) is 1.95. The highest BCUT2D eigenvalue weighted by Crippen LogP contribution is 2.32. The molecule has 0 aliphatic heterocycles. The van der Waals surface area contributed by atoms with Crippen molar-refractivity contribution >= 4 is 27.5 Å². The van der Waals surface area contributed by atoms with Crippen LogP contribution in [0.1, 0.15) is 0 Å². The van der Waals surface area contributed by atoms with Crippen molar-refractivity contribution in [2.24, 2.45) is 0 Å². The monoisotopic (exact) mass is 314 g/mol. The van der Waals surface area contributed by atoms with Crippen LogP contribution in [0.2, 0.25) is 5.28 Å². The molecule has 0 spiro atoms. The Morgan fingerprint density at radius 3 is 2.76 bits per heavy atom. The molecule has 4 nitrogen and oxygen atoms in total. The molecular weight excluding hydrogens is 307 g/mol. The van der Waals surface area contributed by atoms with Crippen molar-refractivity contribution in [3.63, 3.8) is 0 Å². The third kappa shape index (κ3) is 3.08. The molecule has 1 heterocycles. The number of rotatable bonds is 3. The van der Waals surface area contributed by atoms with E-state index in [2.05, 4.69) is 25.9 Å². The van der Waals surface area contributed by atoms with Crippen LogP contribution in [-0.4, -0.2) is 17.1 Å². The number of methoxy groups -OCH3 is 1. The zero-order valence-corrected chi connectivity index (χ0v) is 11.2. The van der Waals surface area contributed by atoms with Crippen molar-refractivity contribution in [1.82, 2.24) is 9.97 Å². The van der Waals surface area contributed by atoms with E-state index in [4.69, 9.17) is 21.1 Å². The van der Waals surface area contributed by atoms with Gasteiger partial charge in [-0.05, 0) is 45.7 Å². The molecule has 0 radical (unpaired) electrons. The Kier molecular flexibility index (Phi) is 3.81. The lowest BCUT2D eigenvalue weighted by atomic mass is 10.3. The van der Waals surface area contributed by atoms with E-state index in [1.165, 1.54) is 6.20 Å². The molecule has 0 atom stereocenters. The van der Waals surface area contributed by atoms with Gasteiger partial charge in [0.25, 0.3) is 0 Å². The fourth-order valence-electron chi connectivity index (χ4n) is 1.18. The molecule has 0 N–H and O–H groups in total. The molecule has 0 aliphatic rings. The molecule has 1 aromatic heterocycles. The SMILES string of the molecule is COc1ccc(Oc2ccnc(Cl)n2)c(Br)c1. The molecular formula is C11H8BrClN2O2. The summed E-state index contributed by atoms with van der Waals surface area (Å²) in [6.07, 6.45) is 1.53. The van der Waals surface area contributed by atoms with Crippen LogP contribution in [0.15, 0.2) is 34.9 Å². The largest absolute Gasteiger partial charge is 0.497 e. The second kappa shape index (κ2) is 5.33. The fraction of sp³-hybridized carbons (Fsp3) is 0.0909. The fourth-order valence-corrected chi connectivity index (χ4v) is 1.76. The molecule has 0 saturated carbocycles. The van der Waals surface area contributed by atoms with E-state index in [0.29, 0.717) is 11.6 Å². The van der Waals surface area contributed by atoms with Gasteiger partial charge in [0.05, 0.1) is 11.6 Å². The van der Waals surface area contributed by atoms with Crippen LogP contribution in [0, 0.1) is 0 Å². The standard InChI is InChI=1S/C11H8BrClN2O2/c1-16-7-2-3-9(8(12)6-7)17-10-4-5-14-11(13)15-10/h2-6H,1H3. The number of aromatic nitrogens is 2. The van der Waals surface area contributed by atoms with Crippen molar-refractivity contribution in [2.45, 2.75) is 0 Å². The second-order valence-corrected chi connectivity index (χ2v) is 4.25. The van der Waals surface area contributed by atoms with E-state index in [0.717, 1.165) is 10.2 Å². The van der Waals surface area contributed by atoms with Crippen molar-refractivity contribution in [3.8, 4) is 17.4 Å². The second-order valence-electron chi connectivity index (χ2n) is 3.06. The molecule has 0 unspecified atom stereocenters. The van der Waals surface area contributed by atoms with Gasteiger partial charge in [-0.2, -0.15) is 4.98 Å². The Morgan fingerprint density at radius 2 is 2.12 bits per heavy atom. The van der Waals surface area contributed by atoms with E-state index in [1.807, 2.05) is 0 Å². The predicted molar refractivity (Wildman–Crippen MR) is 67.8 cm³/mol. The van der Waals surface area contributed by atoms with Crippen LogP contribution >= 0.6 is 27.5 Å². The molecule has 2 aromatic rings. The highest BCUT2D eigenvalue weighted by molar-refractivity contribution is 9.10. The van der Waals surface area contributed by atoms with Crippen LogP contribution in [0.4, 0.5) is 0 Å². The molecule has 6 heteroatoms. The number of nitrogens with zero attached hydrogens (tertiary/aromatic N) is 2. The highest BCUT2D eigenvalue weighted by atomic mass is 79.9. The van der Waals surface area contributed by atoms with E-state index in [1.54, 1.807) is 31.4 Å². The Hall–Kier alpha value is -1.33. The first-order chi connectivity index (χ1) is 8.19. The first-order valence-electron chi connectivity index (χ1n) is 4.69. The topological polar surface area (TPSA) is 44.2 Å². The average molecular weight is 316 g/mol. The molecule has 0 bridgehead atoms. The molecule has 0 aliphatic carbocycles. The molecule has 0 fully saturated rings. The van der Waals surface area contributed by atoms with Gasteiger partial charge in [0.1, 0.15) is 11.5 Å². The predicted octanol–water partition coefficient (Wildman–Crippen LogP) is 3.69. The van der Waals surface area contributed by atoms with Gasteiger partial charge in [0.15, 0.2) is 0 Å². The lowest BCUT2D eigenvalue weighted by Gasteiger charge is -2.08. The van der Waals surface area contributed by atoms with Crippen molar-refractivity contribution in [3.05, 3.63) is 40.2 Å². The van der Waals surface area contributed by atoms with E-state index in [-0.39, 0.29) is 5.28 Å². The van der Waals surface area contributed by atoms with Crippen LogP contribution in [0.5, 0.6) is 17.4 Å². The van der Waals surface area contributed by atoms with Crippen LogP contribution in [0.3, 0.4) is 0 Å². The summed E-state index contributed by atoms with van der Waals surface area (Å²) in [5.41, 5.74) is 0. The third-order valence-corrected chi connectivity index (χ3v) is 2.76. The van der Waals surface area contributed by atoms with Gasteiger partial charge in [-0.1, -0.05) is 0 Å². The molecule has 0 amide bonds. The number of ether oxygens (including phenoxy) is 2. The van der Waals surface area contributed by atoms with Crippen LogP contribution < -0.4 is 9.47 Å². The zero-order valence-electron chi connectivity index (χ0n) is 8.85. The van der Waals surface area contributed by atoms with Gasteiger partial charge in [0.2, 0.25) is 11.2 Å². The molecule has 0 saturated heterocycles. The first-order valence-corrected chi connectivity index (χ1v) is 5.86. The summed E-state index contributed by atoms with van der Waals surface area (Å²) in [6.45, 7) is 0. The van der Waals surface area contributed by atoms with Gasteiger partial charge < -0.3 is 9.47 Å². The Labute approximate surface area is 112 Å². The van der Waals surface area contributed by atoms with Gasteiger partial charge in [-0.25, -0.2) is 4.98 Å². The summed E-state index contributed by atoms with van der Waals surface area (Å²) < 4.78 is 11.4. The van der Waals surface area contributed by atoms with Crippen molar-refractivity contribution < 1.29 is 9.47 Å². The minimum absolute atomic E-state index is 0.145. The number of benzene rings is 1. The molecule has 88 valence electrons. The Morgan fingerprint density at radius 1 is 1.29 bits per heavy atom. The van der Waals surface area contributed by atoms with Gasteiger partial charge in [-0.15, -0.1) is 0 Å². The maximum atomic E-state index is 5.66. The maximum Gasteiger partial charge on any atom is 0.225 e. The van der Waals surface area contributed by atoms with Crippen LogP contribution in [0.25, 0.3) is 0 Å².